The van der Waals surface area contributed by atoms with Crippen LogP contribution in [0.1, 0.15) is 5.56 Å². The van der Waals surface area contributed by atoms with Crippen molar-refractivity contribution in [2.24, 2.45) is 5.41 Å². The molecular weight excluding hydrogens is 466 g/mol. The molecule has 0 saturated heterocycles. The zero-order valence-electron chi connectivity index (χ0n) is 14.1. The van der Waals surface area contributed by atoms with Crippen molar-refractivity contribution in [1.82, 2.24) is 0 Å². The smallest absolute Gasteiger partial charge is 0.414 e. The highest BCUT2D eigenvalue weighted by molar-refractivity contribution is 6.02. The van der Waals surface area contributed by atoms with Crippen LogP contribution in [0.3, 0.4) is 0 Å². The van der Waals surface area contributed by atoms with Gasteiger partial charge in [0.05, 0.1) is 6.57 Å². The van der Waals surface area contributed by atoms with Gasteiger partial charge in [0.15, 0.2) is 5.78 Å². The van der Waals surface area contributed by atoms with Crippen molar-refractivity contribution in [3.63, 3.8) is 0 Å². The SMILES string of the molecule is [C-]#[N+]c1ccc(/C([O-])=C/C(=O)C2(C(F)(F)F)C(F)(F)C(F)(F)C(F)(F)C2(F)F)cc1F. The second-order valence-corrected chi connectivity index (χ2v) is 6.20. The van der Waals surface area contributed by atoms with Crippen LogP contribution < -0.4 is 5.11 Å². The monoisotopic (exact) mass is 470 g/mol. The lowest BCUT2D eigenvalue weighted by molar-refractivity contribution is -0.341. The van der Waals surface area contributed by atoms with Gasteiger partial charge in [-0.15, -0.1) is 0 Å². The van der Waals surface area contributed by atoms with Gasteiger partial charge in [-0.1, -0.05) is 17.9 Å². The molecule has 15 heteroatoms. The Kier molecular flexibility index (Phi) is 5.14. The van der Waals surface area contributed by atoms with Crippen LogP contribution in [-0.2, 0) is 4.79 Å². The fraction of sp³-hybridized carbons (Fsp3) is 0.375. The van der Waals surface area contributed by atoms with E-state index >= 15 is 0 Å². The lowest BCUT2D eigenvalue weighted by Crippen LogP contribution is -2.64. The second kappa shape index (κ2) is 6.54. The summed E-state index contributed by atoms with van der Waals surface area (Å²) < 4.78 is 162. The highest BCUT2D eigenvalue weighted by Crippen LogP contribution is 2.75. The number of rotatable bonds is 3. The molecule has 0 spiro atoms. The van der Waals surface area contributed by atoms with Crippen LogP contribution in [0.4, 0.5) is 58.4 Å². The predicted octanol–water partition coefficient (Wildman–Crippen LogP) is 4.75. The van der Waals surface area contributed by atoms with Gasteiger partial charge in [0, 0.05) is 0 Å². The number of alkyl halides is 11. The Labute approximate surface area is 163 Å². The first-order chi connectivity index (χ1) is 13.8. The van der Waals surface area contributed by atoms with Gasteiger partial charge in [-0.25, -0.2) is 9.24 Å². The number of benzene rings is 1. The van der Waals surface area contributed by atoms with Gasteiger partial charge < -0.3 is 5.11 Å². The first-order valence-corrected chi connectivity index (χ1v) is 7.44. The van der Waals surface area contributed by atoms with Gasteiger partial charge in [-0.2, -0.15) is 48.3 Å². The molecule has 3 nitrogen and oxygen atoms in total. The molecule has 0 aromatic heterocycles. The zero-order valence-corrected chi connectivity index (χ0v) is 14.1. The molecule has 170 valence electrons. The molecule has 0 amide bonds. The predicted molar refractivity (Wildman–Crippen MR) is 73.9 cm³/mol. The van der Waals surface area contributed by atoms with E-state index < -0.39 is 70.0 Å². The van der Waals surface area contributed by atoms with Crippen LogP contribution in [-0.4, -0.2) is 35.6 Å². The van der Waals surface area contributed by atoms with E-state index in [1.54, 1.807) is 0 Å². The van der Waals surface area contributed by atoms with Crippen molar-refractivity contribution in [2.75, 3.05) is 0 Å². The van der Waals surface area contributed by atoms with E-state index in [4.69, 9.17) is 6.57 Å². The molecule has 0 aliphatic heterocycles. The van der Waals surface area contributed by atoms with Crippen molar-refractivity contribution in [3.05, 3.63) is 47.1 Å². The van der Waals surface area contributed by atoms with Crippen LogP contribution in [0.5, 0.6) is 0 Å². The largest absolute Gasteiger partial charge is 0.872 e. The zero-order chi connectivity index (χ0) is 24.4. The summed E-state index contributed by atoms with van der Waals surface area (Å²) in [5.41, 5.74) is -8.94. The number of carbonyl (C=O) groups excluding carboxylic acids is 1. The normalized spacial score (nSPS) is 23.3. The van der Waals surface area contributed by atoms with Crippen LogP contribution >= 0.6 is 0 Å². The summed E-state index contributed by atoms with van der Waals surface area (Å²) in [6.07, 6.45) is -8.59. The van der Waals surface area contributed by atoms with E-state index in [0.29, 0.717) is 12.1 Å². The molecule has 0 unspecified atom stereocenters. The number of halogens is 12. The summed E-state index contributed by atoms with van der Waals surface area (Å²) in [5.74, 6) is -37.0. The fourth-order valence-corrected chi connectivity index (χ4v) is 2.93. The molecule has 1 saturated carbocycles. The Morgan fingerprint density at radius 2 is 1.39 bits per heavy atom. The van der Waals surface area contributed by atoms with E-state index in [1.807, 2.05) is 0 Å². The molecule has 0 heterocycles. The van der Waals surface area contributed by atoms with Crippen LogP contribution in [0.25, 0.3) is 10.6 Å². The van der Waals surface area contributed by atoms with E-state index in [9.17, 15) is 62.6 Å². The Morgan fingerprint density at radius 3 is 1.74 bits per heavy atom. The summed E-state index contributed by atoms with van der Waals surface area (Å²) in [5, 5.41) is 11.8. The Balaban J connectivity index is 2.81. The van der Waals surface area contributed by atoms with Crippen LogP contribution in [0.2, 0.25) is 0 Å². The van der Waals surface area contributed by atoms with E-state index in [0.717, 1.165) is 0 Å². The van der Waals surface area contributed by atoms with Crippen molar-refractivity contribution in [3.8, 4) is 0 Å². The molecule has 0 radical (unpaired) electrons. The molecular formula is C16H4F12NO2-. The lowest BCUT2D eigenvalue weighted by Gasteiger charge is -2.37. The number of nitrogens with zero attached hydrogens (tertiary/aromatic N) is 1. The highest BCUT2D eigenvalue weighted by atomic mass is 19.4. The summed E-state index contributed by atoms with van der Waals surface area (Å²) in [7, 11) is 0. The Morgan fingerprint density at radius 1 is 0.935 bits per heavy atom. The van der Waals surface area contributed by atoms with Crippen molar-refractivity contribution in [1.29, 1.82) is 0 Å². The first-order valence-electron chi connectivity index (χ1n) is 7.44. The third kappa shape index (κ3) is 2.66. The molecule has 0 bridgehead atoms. The number of hydrogen-bond acceptors (Lipinski definition) is 2. The average Bonchev–Trinajstić information content (AvgIpc) is 2.65. The minimum absolute atomic E-state index is 0.0912. The van der Waals surface area contributed by atoms with Gasteiger partial charge in [0.25, 0.3) is 5.41 Å². The van der Waals surface area contributed by atoms with Gasteiger partial charge >= 0.3 is 29.9 Å². The number of hydrogen-bond donors (Lipinski definition) is 0. The van der Waals surface area contributed by atoms with E-state index in [1.165, 1.54) is 0 Å². The first kappa shape index (κ1) is 24.4. The van der Waals surface area contributed by atoms with Gasteiger partial charge in [-0.05, 0) is 17.7 Å². The summed E-state index contributed by atoms with van der Waals surface area (Å²) in [6, 6.07) is 1.07. The van der Waals surface area contributed by atoms with Crippen molar-refractivity contribution in [2.45, 2.75) is 29.9 Å². The van der Waals surface area contributed by atoms with Crippen molar-refractivity contribution < 1.29 is 62.6 Å². The molecule has 1 aliphatic rings. The van der Waals surface area contributed by atoms with Gasteiger partial charge in [0.2, 0.25) is 5.69 Å². The van der Waals surface area contributed by atoms with E-state index in [2.05, 4.69) is 4.85 Å². The molecule has 2 rings (SSSR count). The highest BCUT2D eigenvalue weighted by Gasteiger charge is 3.06. The summed E-state index contributed by atoms with van der Waals surface area (Å²) in [6.45, 7) is 6.55. The maximum absolute atomic E-state index is 13.9. The second-order valence-electron chi connectivity index (χ2n) is 6.20. The summed E-state index contributed by atoms with van der Waals surface area (Å²) >= 11 is 0. The quantitative estimate of drug-likeness (QED) is 0.277. The minimum Gasteiger partial charge on any atom is -0.872 e. The van der Waals surface area contributed by atoms with Gasteiger partial charge in [0.1, 0.15) is 5.82 Å². The Hall–Kier alpha value is -2.92. The lowest BCUT2D eigenvalue weighted by atomic mass is 9.74. The molecule has 1 aromatic rings. The number of allylic oxidation sites excluding steroid dienone is 1. The number of ketones is 1. The third-order valence-corrected chi connectivity index (χ3v) is 4.53. The van der Waals surface area contributed by atoms with Gasteiger partial charge in [-0.3, -0.25) is 4.79 Å². The average molecular weight is 470 g/mol. The summed E-state index contributed by atoms with van der Waals surface area (Å²) in [4.78, 5) is 14.4. The molecule has 1 fully saturated rings. The molecule has 1 aliphatic carbocycles. The minimum atomic E-state index is -7.41. The standard InChI is InChI=1S/C16H5F12NO2/c1-29-8-3-2-6(4-7(8)17)9(30)5-10(31)11(16(26,27)28)12(18,19)14(22,23)15(24,25)13(11,20)21/h2-5,30H/p-1/b9-5-. The third-order valence-electron chi connectivity index (χ3n) is 4.53. The maximum Gasteiger partial charge on any atom is 0.414 e. The topological polar surface area (TPSA) is 44.5 Å². The van der Waals surface area contributed by atoms with E-state index in [-0.39, 0.29) is 6.07 Å². The van der Waals surface area contributed by atoms with Crippen LogP contribution in [0.15, 0.2) is 24.3 Å². The molecule has 31 heavy (non-hydrogen) atoms. The number of carbonyl (C=O) groups is 1. The maximum atomic E-state index is 13.9. The Bertz CT molecular complexity index is 977. The fourth-order valence-electron chi connectivity index (χ4n) is 2.93. The van der Waals surface area contributed by atoms with Crippen molar-refractivity contribution >= 4 is 17.2 Å². The molecule has 0 N–H and O–H groups in total. The molecule has 1 aromatic carbocycles. The van der Waals surface area contributed by atoms with Crippen LogP contribution in [0, 0.1) is 17.8 Å². The molecule has 0 atom stereocenters.